The second-order valence-corrected chi connectivity index (χ2v) is 6.79. The molecule has 0 saturated heterocycles. The van der Waals surface area contributed by atoms with Crippen LogP contribution in [-0.4, -0.2) is 11.2 Å². The van der Waals surface area contributed by atoms with Crippen LogP contribution in [0, 0.1) is 12.7 Å². The lowest BCUT2D eigenvalue weighted by atomic mass is 10.1. The molecule has 1 aromatic carbocycles. The standard InChI is InChI=1S/C18H20BrFN2O2/c1-3-24-10-13-16-5-4-8-22(16)18(23)11(2)17(13)21-15-7-6-12(19)9-14(15)20/h6-7,9,21H,3-5,8,10H2,1-2H3. The number of anilines is 2. The van der Waals surface area contributed by atoms with Gasteiger partial charge in [-0.3, -0.25) is 4.79 Å². The molecule has 6 heteroatoms. The Morgan fingerprint density at radius 2 is 2.21 bits per heavy atom. The minimum atomic E-state index is -0.369. The highest BCUT2D eigenvalue weighted by Crippen LogP contribution is 2.31. The number of nitrogens with zero attached hydrogens (tertiary/aromatic N) is 1. The molecular weight excluding hydrogens is 375 g/mol. The molecule has 1 aromatic heterocycles. The van der Waals surface area contributed by atoms with Gasteiger partial charge in [-0.2, -0.15) is 0 Å². The zero-order valence-electron chi connectivity index (χ0n) is 13.8. The molecule has 0 fully saturated rings. The number of ether oxygens (including phenoxy) is 1. The Bertz CT molecular complexity index is 833. The van der Waals surface area contributed by atoms with Crippen LogP contribution in [-0.2, 0) is 24.3 Å². The van der Waals surface area contributed by atoms with Gasteiger partial charge in [0.05, 0.1) is 18.0 Å². The zero-order chi connectivity index (χ0) is 17.3. The summed E-state index contributed by atoms with van der Waals surface area (Å²) < 4.78 is 22.3. The van der Waals surface area contributed by atoms with Crippen molar-refractivity contribution >= 4 is 27.3 Å². The van der Waals surface area contributed by atoms with Gasteiger partial charge in [0.1, 0.15) is 5.82 Å². The van der Waals surface area contributed by atoms with Gasteiger partial charge in [0.25, 0.3) is 5.56 Å². The van der Waals surface area contributed by atoms with E-state index in [0.717, 1.165) is 30.6 Å². The smallest absolute Gasteiger partial charge is 0.255 e. The Labute approximate surface area is 148 Å². The third-order valence-electron chi connectivity index (χ3n) is 4.35. The highest BCUT2D eigenvalue weighted by molar-refractivity contribution is 9.10. The molecule has 0 amide bonds. The first kappa shape index (κ1) is 17.2. The van der Waals surface area contributed by atoms with E-state index in [4.69, 9.17) is 4.74 Å². The van der Waals surface area contributed by atoms with Gasteiger partial charge in [0.15, 0.2) is 0 Å². The van der Waals surface area contributed by atoms with E-state index in [1.165, 1.54) is 6.07 Å². The van der Waals surface area contributed by atoms with E-state index in [9.17, 15) is 9.18 Å². The second kappa shape index (κ2) is 7.07. The average molecular weight is 395 g/mol. The Morgan fingerprint density at radius 1 is 1.42 bits per heavy atom. The molecule has 0 saturated carbocycles. The fraction of sp³-hybridized carbons (Fsp3) is 0.389. The lowest BCUT2D eigenvalue weighted by Gasteiger charge is -2.19. The maximum atomic E-state index is 14.2. The number of pyridine rings is 1. The van der Waals surface area contributed by atoms with Gasteiger partial charge in [-0.05, 0) is 44.9 Å². The van der Waals surface area contributed by atoms with E-state index in [-0.39, 0.29) is 11.4 Å². The molecule has 1 aliphatic rings. The van der Waals surface area contributed by atoms with Crippen LogP contribution in [0.25, 0.3) is 0 Å². The summed E-state index contributed by atoms with van der Waals surface area (Å²) in [6.07, 6.45) is 1.79. The number of hydrogen-bond donors (Lipinski definition) is 1. The average Bonchev–Trinajstić information content (AvgIpc) is 3.03. The Balaban J connectivity index is 2.11. The van der Waals surface area contributed by atoms with Crippen molar-refractivity contribution in [1.82, 2.24) is 4.57 Å². The van der Waals surface area contributed by atoms with E-state index >= 15 is 0 Å². The van der Waals surface area contributed by atoms with Crippen LogP contribution in [0.5, 0.6) is 0 Å². The molecule has 1 N–H and O–H groups in total. The van der Waals surface area contributed by atoms with Crippen molar-refractivity contribution in [2.24, 2.45) is 0 Å². The molecular formula is C18H20BrFN2O2. The Hall–Kier alpha value is -1.66. The number of nitrogens with one attached hydrogen (secondary N) is 1. The van der Waals surface area contributed by atoms with Gasteiger partial charge in [-0.25, -0.2) is 4.39 Å². The first-order valence-corrected chi connectivity index (χ1v) is 8.87. The maximum Gasteiger partial charge on any atom is 0.255 e. The van der Waals surface area contributed by atoms with Crippen molar-refractivity contribution in [2.75, 3.05) is 11.9 Å². The summed E-state index contributed by atoms with van der Waals surface area (Å²) in [6.45, 7) is 5.45. The van der Waals surface area contributed by atoms with Gasteiger partial charge in [0.2, 0.25) is 0 Å². The molecule has 2 aromatic rings. The van der Waals surface area contributed by atoms with Gasteiger partial charge in [0, 0.05) is 34.4 Å². The van der Waals surface area contributed by atoms with E-state index in [1.54, 1.807) is 19.1 Å². The molecule has 3 rings (SSSR count). The second-order valence-electron chi connectivity index (χ2n) is 5.87. The number of benzene rings is 1. The van der Waals surface area contributed by atoms with Crippen LogP contribution < -0.4 is 10.9 Å². The SMILES string of the molecule is CCOCc1c(Nc2ccc(Br)cc2F)c(C)c(=O)n2c1CCC2. The molecule has 1 aliphatic heterocycles. The molecule has 4 nitrogen and oxygen atoms in total. The van der Waals surface area contributed by atoms with Crippen LogP contribution in [0.1, 0.15) is 30.2 Å². The molecule has 0 unspecified atom stereocenters. The van der Waals surface area contributed by atoms with Crippen LogP contribution in [0.4, 0.5) is 15.8 Å². The van der Waals surface area contributed by atoms with E-state index in [0.29, 0.717) is 34.6 Å². The van der Waals surface area contributed by atoms with Crippen molar-refractivity contribution in [3.8, 4) is 0 Å². The van der Waals surface area contributed by atoms with Gasteiger partial charge in [-0.1, -0.05) is 15.9 Å². The highest BCUT2D eigenvalue weighted by Gasteiger charge is 2.23. The van der Waals surface area contributed by atoms with E-state index < -0.39 is 0 Å². The molecule has 24 heavy (non-hydrogen) atoms. The fourth-order valence-electron chi connectivity index (χ4n) is 3.15. The monoisotopic (exact) mass is 394 g/mol. The zero-order valence-corrected chi connectivity index (χ0v) is 15.4. The third kappa shape index (κ3) is 3.13. The molecule has 0 spiro atoms. The Morgan fingerprint density at radius 3 is 2.92 bits per heavy atom. The highest BCUT2D eigenvalue weighted by atomic mass is 79.9. The number of halogens is 2. The fourth-order valence-corrected chi connectivity index (χ4v) is 3.48. The minimum absolute atomic E-state index is 0.0113. The van der Waals surface area contributed by atoms with Crippen LogP contribution in [0.3, 0.4) is 0 Å². The first-order valence-electron chi connectivity index (χ1n) is 8.08. The van der Waals surface area contributed by atoms with Crippen molar-refractivity contribution in [3.05, 3.63) is 55.7 Å². The first-order chi connectivity index (χ1) is 11.5. The summed E-state index contributed by atoms with van der Waals surface area (Å²) in [5.41, 5.74) is 3.55. The van der Waals surface area contributed by atoms with Crippen LogP contribution >= 0.6 is 15.9 Å². The topological polar surface area (TPSA) is 43.3 Å². The summed E-state index contributed by atoms with van der Waals surface area (Å²) >= 11 is 3.26. The summed E-state index contributed by atoms with van der Waals surface area (Å²) in [7, 11) is 0. The van der Waals surface area contributed by atoms with E-state index in [2.05, 4.69) is 21.2 Å². The predicted molar refractivity (Wildman–Crippen MR) is 96.5 cm³/mol. The van der Waals surface area contributed by atoms with Gasteiger partial charge in [-0.15, -0.1) is 0 Å². The van der Waals surface area contributed by atoms with E-state index in [1.807, 2.05) is 11.5 Å². The molecule has 128 valence electrons. The normalized spacial score (nSPS) is 13.2. The summed E-state index contributed by atoms with van der Waals surface area (Å²) in [5.74, 6) is -0.369. The largest absolute Gasteiger partial charge is 0.377 e. The van der Waals surface area contributed by atoms with Crippen LogP contribution in [0.15, 0.2) is 27.5 Å². The quantitative estimate of drug-likeness (QED) is 0.822. The van der Waals surface area contributed by atoms with Gasteiger partial charge >= 0.3 is 0 Å². The number of hydrogen-bond acceptors (Lipinski definition) is 3. The number of rotatable bonds is 5. The Kier molecular flexibility index (Phi) is 5.06. The summed E-state index contributed by atoms with van der Waals surface area (Å²) in [6, 6.07) is 4.83. The van der Waals surface area contributed by atoms with Crippen molar-refractivity contribution in [1.29, 1.82) is 0 Å². The minimum Gasteiger partial charge on any atom is -0.377 e. The van der Waals surface area contributed by atoms with Crippen molar-refractivity contribution in [3.63, 3.8) is 0 Å². The molecule has 0 bridgehead atoms. The van der Waals surface area contributed by atoms with Crippen molar-refractivity contribution < 1.29 is 9.13 Å². The summed E-state index contributed by atoms with van der Waals surface area (Å²) in [5, 5.41) is 3.13. The molecule has 0 radical (unpaired) electrons. The van der Waals surface area contributed by atoms with Crippen LogP contribution in [0.2, 0.25) is 0 Å². The third-order valence-corrected chi connectivity index (χ3v) is 4.85. The van der Waals surface area contributed by atoms with Crippen molar-refractivity contribution in [2.45, 2.75) is 39.8 Å². The lowest BCUT2D eigenvalue weighted by molar-refractivity contribution is 0.133. The predicted octanol–water partition coefficient (Wildman–Crippen LogP) is 4.28. The number of aromatic nitrogens is 1. The lowest BCUT2D eigenvalue weighted by Crippen LogP contribution is -2.25. The number of fused-ring (bicyclic) bond motifs is 1. The molecule has 2 heterocycles. The molecule has 0 aliphatic carbocycles. The summed E-state index contributed by atoms with van der Waals surface area (Å²) in [4.78, 5) is 12.6. The van der Waals surface area contributed by atoms with Gasteiger partial charge < -0.3 is 14.6 Å². The molecule has 0 atom stereocenters. The maximum absolute atomic E-state index is 14.2.